The second-order valence-electron chi connectivity index (χ2n) is 3.43. The maximum Gasteiger partial charge on any atom is 0.0700 e. The Hall–Kier alpha value is -0.160. The van der Waals surface area contributed by atoms with Crippen LogP contribution in [0.5, 0.6) is 0 Å². The van der Waals surface area contributed by atoms with Gasteiger partial charge in [-0.15, -0.1) is 0 Å². The van der Waals surface area contributed by atoms with Gasteiger partial charge < -0.3 is 20.1 Å². The van der Waals surface area contributed by atoms with E-state index in [1.807, 2.05) is 0 Å². The first-order chi connectivity index (χ1) is 7.00. The van der Waals surface area contributed by atoms with Crippen LogP contribution >= 0.6 is 0 Å². The molecule has 0 aromatic carbocycles. The topological polar surface area (TPSA) is 42.5 Å². The highest BCUT2D eigenvalue weighted by molar-refractivity contribution is 4.53. The lowest BCUT2D eigenvalue weighted by Gasteiger charge is -2.09. The van der Waals surface area contributed by atoms with E-state index in [4.69, 9.17) is 9.47 Å². The van der Waals surface area contributed by atoms with Gasteiger partial charge in [0.05, 0.1) is 13.2 Å². The lowest BCUT2D eigenvalue weighted by molar-refractivity contribution is 0.0458. The van der Waals surface area contributed by atoms with E-state index in [-0.39, 0.29) is 0 Å². The van der Waals surface area contributed by atoms with Crippen molar-refractivity contribution in [2.75, 3.05) is 52.6 Å². The molecular weight excluding hydrogens is 180 g/mol. The van der Waals surface area contributed by atoms with Gasteiger partial charge in [0.25, 0.3) is 0 Å². The number of nitrogens with one attached hydrogen (secondary N) is 2. The molecule has 0 amide bonds. The fraction of sp³-hybridized carbons (Fsp3) is 1.00. The second kappa shape index (κ2) is 9.40. The lowest BCUT2D eigenvalue weighted by Crippen LogP contribution is -2.29. The molecule has 0 aromatic rings. The summed E-state index contributed by atoms with van der Waals surface area (Å²) in [4.78, 5) is 0. The van der Waals surface area contributed by atoms with Crippen LogP contribution in [0.15, 0.2) is 0 Å². The Morgan fingerprint density at radius 2 is 1.07 bits per heavy atom. The van der Waals surface area contributed by atoms with Crippen molar-refractivity contribution in [3.05, 3.63) is 0 Å². The maximum absolute atomic E-state index is 5.40. The molecule has 0 aliphatic carbocycles. The van der Waals surface area contributed by atoms with Gasteiger partial charge in [-0.1, -0.05) is 0 Å². The SMILES string of the molecule is C1CNCCNCCCOCCOC1. The molecule has 2 N–H and O–H groups in total. The molecule has 1 fully saturated rings. The van der Waals surface area contributed by atoms with Crippen LogP contribution in [0.25, 0.3) is 0 Å². The lowest BCUT2D eigenvalue weighted by atomic mass is 10.4. The molecular formula is C10H22N2O2. The zero-order valence-corrected chi connectivity index (χ0v) is 8.89. The average Bonchev–Trinajstić information content (AvgIpc) is 2.22. The van der Waals surface area contributed by atoms with E-state index in [1.54, 1.807) is 0 Å². The first-order valence-corrected chi connectivity index (χ1v) is 5.57. The monoisotopic (exact) mass is 202 g/mol. The standard InChI is InChI=1S/C10H22N2O2/c1-3-11-5-6-12-4-2-8-14-10-9-13-7-1/h11-12H,1-10H2. The summed E-state index contributed by atoms with van der Waals surface area (Å²) >= 11 is 0. The van der Waals surface area contributed by atoms with Crippen LogP contribution in [0.3, 0.4) is 0 Å². The fourth-order valence-corrected chi connectivity index (χ4v) is 1.35. The van der Waals surface area contributed by atoms with Crippen molar-refractivity contribution in [2.24, 2.45) is 0 Å². The normalized spacial score (nSPS) is 24.0. The Morgan fingerprint density at radius 1 is 0.571 bits per heavy atom. The van der Waals surface area contributed by atoms with E-state index in [2.05, 4.69) is 10.6 Å². The van der Waals surface area contributed by atoms with Crippen LogP contribution in [0.4, 0.5) is 0 Å². The quantitative estimate of drug-likeness (QED) is 0.580. The number of rotatable bonds is 0. The molecule has 0 radical (unpaired) electrons. The van der Waals surface area contributed by atoms with Crippen LogP contribution in [0.2, 0.25) is 0 Å². The minimum absolute atomic E-state index is 0.730. The van der Waals surface area contributed by atoms with Crippen molar-refractivity contribution in [1.29, 1.82) is 0 Å². The molecule has 1 heterocycles. The molecule has 1 rings (SSSR count). The van der Waals surface area contributed by atoms with Gasteiger partial charge in [0.2, 0.25) is 0 Å². The van der Waals surface area contributed by atoms with E-state index < -0.39 is 0 Å². The van der Waals surface area contributed by atoms with Crippen molar-refractivity contribution in [1.82, 2.24) is 10.6 Å². The summed E-state index contributed by atoms with van der Waals surface area (Å²) in [6.07, 6.45) is 2.17. The summed E-state index contributed by atoms with van der Waals surface area (Å²) in [6.45, 7) is 7.31. The van der Waals surface area contributed by atoms with Crippen LogP contribution < -0.4 is 10.6 Å². The predicted molar refractivity (Wildman–Crippen MR) is 56.6 cm³/mol. The van der Waals surface area contributed by atoms with E-state index in [9.17, 15) is 0 Å². The highest BCUT2D eigenvalue weighted by Gasteiger charge is 1.94. The third-order valence-electron chi connectivity index (χ3n) is 2.14. The zero-order chi connectivity index (χ0) is 9.90. The third kappa shape index (κ3) is 7.26. The minimum atomic E-state index is 0.730. The molecule has 0 saturated carbocycles. The molecule has 0 spiro atoms. The van der Waals surface area contributed by atoms with Gasteiger partial charge in [0.1, 0.15) is 0 Å². The molecule has 0 unspecified atom stereocenters. The van der Waals surface area contributed by atoms with Crippen LogP contribution in [-0.4, -0.2) is 52.6 Å². The smallest absolute Gasteiger partial charge is 0.0700 e. The average molecular weight is 202 g/mol. The first kappa shape index (κ1) is 11.9. The minimum Gasteiger partial charge on any atom is -0.379 e. The molecule has 0 aromatic heterocycles. The van der Waals surface area contributed by atoms with Crippen molar-refractivity contribution in [2.45, 2.75) is 12.8 Å². The van der Waals surface area contributed by atoms with Gasteiger partial charge in [-0.3, -0.25) is 0 Å². The number of hydrogen-bond donors (Lipinski definition) is 2. The Kier molecular flexibility index (Phi) is 8.00. The zero-order valence-electron chi connectivity index (χ0n) is 8.89. The van der Waals surface area contributed by atoms with Crippen LogP contribution in [-0.2, 0) is 9.47 Å². The van der Waals surface area contributed by atoms with Gasteiger partial charge in [0.15, 0.2) is 0 Å². The highest BCUT2D eigenvalue weighted by Crippen LogP contribution is 1.85. The molecule has 84 valence electrons. The van der Waals surface area contributed by atoms with Gasteiger partial charge in [-0.05, 0) is 25.9 Å². The van der Waals surface area contributed by atoms with Crippen molar-refractivity contribution >= 4 is 0 Å². The summed E-state index contributed by atoms with van der Waals surface area (Å²) in [5, 5.41) is 6.73. The summed E-state index contributed by atoms with van der Waals surface area (Å²) < 4.78 is 10.8. The summed E-state index contributed by atoms with van der Waals surface area (Å²) in [5.74, 6) is 0. The Bertz CT molecular complexity index is 69.4. The van der Waals surface area contributed by atoms with Gasteiger partial charge in [-0.25, -0.2) is 0 Å². The van der Waals surface area contributed by atoms with Crippen molar-refractivity contribution in [3.63, 3.8) is 0 Å². The Labute approximate surface area is 86.3 Å². The van der Waals surface area contributed by atoms with Crippen LogP contribution in [0, 0.1) is 0 Å². The molecule has 4 nitrogen and oxygen atoms in total. The molecule has 1 saturated heterocycles. The third-order valence-corrected chi connectivity index (χ3v) is 2.14. The van der Waals surface area contributed by atoms with Crippen molar-refractivity contribution in [3.8, 4) is 0 Å². The Balaban J connectivity index is 2.00. The first-order valence-electron chi connectivity index (χ1n) is 5.57. The van der Waals surface area contributed by atoms with E-state index >= 15 is 0 Å². The predicted octanol–water partition coefficient (Wildman–Crippen LogP) is -0.00740. The molecule has 14 heavy (non-hydrogen) atoms. The van der Waals surface area contributed by atoms with E-state index in [0.29, 0.717) is 0 Å². The van der Waals surface area contributed by atoms with Crippen molar-refractivity contribution < 1.29 is 9.47 Å². The number of hydrogen-bond acceptors (Lipinski definition) is 4. The van der Waals surface area contributed by atoms with Gasteiger partial charge in [-0.2, -0.15) is 0 Å². The molecule has 1 aliphatic heterocycles. The van der Waals surface area contributed by atoms with Gasteiger partial charge in [0, 0.05) is 26.3 Å². The fourth-order valence-electron chi connectivity index (χ4n) is 1.35. The summed E-state index contributed by atoms with van der Waals surface area (Å²) in [6, 6.07) is 0. The Morgan fingerprint density at radius 3 is 1.57 bits per heavy atom. The van der Waals surface area contributed by atoms with E-state index in [0.717, 1.165) is 65.4 Å². The second-order valence-corrected chi connectivity index (χ2v) is 3.43. The van der Waals surface area contributed by atoms with Gasteiger partial charge >= 0.3 is 0 Å². The largest absolute Gasteiger partial charge is 0.379 e. The molecule has 1 aliphatic rings. The maximum atomic E-state index is 5.40. The molecule has 0 bridgehead atoms. The molecule has 0 atom stereocenters. The molecule has 4 heteroatoms. The van der Waals surface area contributed by atoms with Crippen LogP contribution in [0.1, 0.15) is 12.8 Å². The summed E-state index contributed by atoms with van der Waals surface area (Å²) in [7, 11) is 0. The summed E-state index contributed by atoms with van der Waals surface area (Å²) in [5.41, 5.74) is 0. The van der Waals surface area contributed by atoms with E-state index in [1.165, 1.54) is 0 Å². The number of ether oxygens (including phenoxy) is 2. The highest BCUT2D eigenvalue weighted by atomic mass is 16.5.